The third-order valence-corrected chi connectivity index (χ3v) is 6.21. The fourth-order valence-electron chi connectivity index (χ4n) is 3.49. The third kappa shape index (κ3) is 3.75. The number of halogens is 1. The molecule has 0 radical (unpaired) electrons. The molecular weight excluding hydrogens is 363 g/mol. The van der Waals surface area contributed by atoms with Gasteiger partial charge in [0.2, 0.25) is 0 Å². The zero-order chi connectivity index (χ0) is 19.0. The van der Waals surface area contributed by atoms with Crippen molar-refractivity contribution in [3.8, 4) is 0 Å². The SMILES string of the molecule is Cc1nn(Cc2ccc(F)cc2)c2sc(C(=O)N3CCCN(C)CC3)cc12. The van der Waals surface area contributed by atoms with Crippen molar-refractivity contribution in [2.45, 2.75) is 19.9 Å². The molecule has 0 N–H and O–H groups in total. The van der Waals surface area contributed by atoms with E-state index >= 15 is 0 Å². The van der Waals surface area contributed by atoms with Crippen LogP contribution in [0, 0.1) is 12.7 Å². The van der Waals surface area contributed by atoms with Crippen LogP contribution in [-0.2, 0) is 6.54 Å². The van der Waals surface area contributed by atoms with Crippen LogP contribution < -0.4 is 0 Å². The minimum absolute atomic E-state index is 0.110. The number of amides is 1. The number of hydrogen-bond acceptors (Lipinski definition) is 4. The molecular formula is C20H23FN4OS. The third-order valence-electron chi connectivity index (χ3n) is 5.07. The zero-order valence-electron chi connectivity index (χ0n) is 15.6. The van der Waals surface area contributed by atoms with Gasteiger partial charge in [-0.2, -0.15) is 5.10 Å². The summed E-state index contributed by atoms with van der Waals surface area (Å²) in [4.78, 5) is 19.0. The van der Waals surface area contributed by atoms with E-state index in [1.807, 2.05) is 22.6 Å². The lowest BCUT2D eigenvalue weighted by atomic mass is 10.2. The quantitative estimate of drug-likeness (QED) is 0.693. The van der Waals surface area contributed by atoms with Gasteiger partial charge in [0.15, 0.2) is 0 Å². The molecule has 3 aromatic rings. The monoisotopic (exact) mass is 386 g/mol. The van der Waals surface area contributed by atoms with Crippen molar-refractivity contribution in [3.63, 3.8) is 0 Å². The number of benzene rings is 1. The maximum Gasteiger partial charge on any atom is 0.264 e. The lowest BCUT2D eigenvalue weighted by molar-refractivity contribution is 0.0767. The van der Waals surface area contributed by atoms with Crippen LogP contribution in [0.5, 0.6) is 0 Å². The summed E-state index contributed by atoms with van der Waals surface area (Å²) in [5.41, 5.74) is 1.90. The van der Waals surface area contributed by atoms with Crippen LogP contribution in [0.4, 0.5) is 4.39 Å². The van der Waals surface area contributed by atoms with Gasteiger partial charge in [0.25, 0.3) is 5.91 Å². The highest BCUT2D eigenvalue weighted by Gasteiger charge is 2.22. The average molecular weight is 386 g/mol. The summed E-state index contributed by atoms with van der Waals surface area (Å²) in [6.45, 7) is 6.04. The van der Waals surface area contributed by atoms with Crippen molar-refractivity contribution in [1.29, 1.82) is 0 Å². The topological polar surface area (TPSA) is 41.4 Å². The Morgan fingerprint density at radius 2 is 1.96 bits per heavy atom. The summed E-state index contributed by atoms with van der Waals surface area (Å²) in [7, 11) is 2.10. The zero-order valence-corrected chi connectivity index (χ0v) is 16.4. The Bertz CT molecular complexity index is 962. The summed E-state index contributed by atoms with van der Waals surface area (Å²) in [6, 6.07) is 8.43. The molecule has 0 aliphatic carbocycles. The predicted octanol–water partition coefficient (Wildman–Crippen LogP) is 3.37. The lowest BCUT2D eigenvalue weighted by Gasteiger charge is -2.19. The van der Waals surface area contributed by atoms with Gasteiger partial charge in [0, 0.05) is 25.0 Å². The van der Waals surface area contributed by atoms with Gasteiger partial charge in [-0.25, -0.2) is 4.39 Å². The number of carbonyl (C=O) groups excluding carboxylic acids is 1. The van der Waals surface area contributed by atoms with E-state index < -0.39 is 0 Å². The second-order valence-electron chi connectivity index (χ2n) is 7.15. The molecule has 2 aromatic heterocycles. The predicted molar refractivity (Wildman–Crippen MR) is 106 cm³/mol. The molecule has 1 saturated heterocycles. The molecule has 0 spiro atoms. The first-order valence-corrected chi connectivity index (χ1v) is 10.0. The minimum Gasteiger partial charge on any atom is -0.337 e. The van der Waals surface area contributed by atoms with E-state index in [0.29, 0.717) is 6.54 Å². The van der Waals surface area contributed by atoms with Gasteiger partial charge in [0.1, 0.15) is 10.6 Å². The van der Waals surface area contributed by atoms with Crippen LogP contribution >= 0.6 is 11.3 Å². The summed E-state index contributed by atoms with van der Waals surface area (Å²) in [5, 5.41) is 5.63. The van der Waals surface area contributed by atoms with E-state index in [1.54, 1.807) is 12.1 Å². The maximum atomic E-state index is 13.1. The highest BCUT2D eigenvalue weighted by atomic mass is 32.1. The highest BCUT2D eigenvalue weighted by molar-refractivity contribution is 7.20. The van der Waals surface area contributed by atoms with Gasteiger partial charge in [-0.05, 0) is 50.7 Å². The fraction of sp³-hybridized carbons (Fsp3) is 0.400. The molecule has 142 valence electrons. The standard InChI is InChI=1S/C20H23FN4OS/c1-14-17-12-18(19(26)24-9-3-8-23(2)10-11-24)27-20(17)25(22-14)13-15-4-6-16(21)7-5-15/h4-7,12H,3,8-11,13H2,1-2H3. The molecule has 0 atom stereocenters. The normalized spacial score (nSPS) is 16.0. The number of nitrogens with zero attached hydrogens (tertiary/aromatic N) is 4. The first-order valence-electron chi connectivity index (χ1n) is 9.20. The summed E-state index contributed by atoms with van der Waals surface area (Å²) in [6.07, 6.45) is 1.00. The second kappa shape index (κ2) is 7.40. The molecule has 1 aromatic carbocycles. The first-order chi connectivity index (χ1) is 13.0. The van der Waals surface area contributed by atoms with Crippen LogP contribution in [0.25, 0.3) is 10.2 Å². The number of aromatic nitrogens is 2. The molecule has 5 nitrogen and oxygen atoms in total. The Labute approximate surface area is 162 Å². The van der Waals surface area contributed by atoms with Crippen LogP contribution in [-0.4, -0.2) is 58.7 Å². The molecule has 0 unspecified atom stereocenters. The van der Waals surface area contributed by atoms with E-state index in [2.05, 4.69) is 17.0 Å². The van der Waals surface area contributed by atoms with Crippen molar-refractivity contribution in [2.24, 2.45) is 0 Å². The molecule has 27 heavy (non-hydrogen) atoms. The van der Waals surface area contributed by atoms with Crippen molar-refractivity contribution in [1.82, 2.24) is 19.6 Å². The number of fused-ring (bicyclic) bond motifs is 1. The Kier molecular flexibility index (Phi) is 4.97. The second-order valence-corrected chi connectivity index (χ2v) is 8.18. The van der Waals surface area contributed by atoms with Gasteiger partial charge >= 0.3 is 0 Å². The Hall–Kier alpha value is -2.25. The highest BCUT2D eigenvalue weighted by Crippen LogP contribution is 2.30. The van der Waals surface area contributed by atoms with Gasteiger partial charge in [-0.3, -0.25) is 9.48 Å². The van der Waals surface area contributed by atoms with Crippen molar-refractivity contribution in [2.75, 3.05) is 33.2 Å². The Balaban J connectivity index is 1.60. The average Bonchev–Trinajstić information content (AvgIpc) is 3.13. The molecule has 4 rings (SSSR count). The molecule has 1 amide bonds. The van der Waals surface area contributed by atoms with E-state index in [-0.39, 0.29) is 11.7 Å². The van der Waals surface area contributed by atoms with E-state index in [4.69, 9.17) is 0 Å². The molecule has 7 heteroatoms. The van der Waals surface area contributed by atoms with Crippen LogP contribution in [0.3, 0.4) is 0 Å². The number of carbonyl (C=O) groups is 1. The van der Waals surface area contributed by atoms with Gasteiger partial charge in [0.05, 0.1) is 17.1 Å². The number of aryl methyl sites for hydroxylation is 1. The number of hydrogen-bond donors (Lipinski definition) is 0. The lowest BCUT2D eigenvalue weighted by Crippen LogP contribution is -2.34. The molecule has 0 saturated carbocycles. The van der Waals surface area contributed by atoms with E-state index in [1.165, 1.54) is 23.5 Å². The van der Waals surface area contributed by atoms with E-state index in [9.17, 15) is 9.18 Å². The summed E-state index contributed by atoms with van der Waals surface area (Å²) >= 11 is 1.50. The Morgan fingerprint density at radius 3 is 2.74 bits per heavy atom. The summed E-state index contributed by atoms with van der Waals surface area (Å²) < 4.78 is 15.1. The summed E-state index contributed by atoms with van der Waals surface area (Å²) in [5.74, 6) is -0.133. The van der Waals surface area contributed by atoms with Crippen LogP contribution in [0.15, 0.2) is 30.3 Å². The Morgan fingerprint density at radius 1 is 1.19 bits per heavy atom. The minimum atomic E-state index is -0.243. The molecule has 0 bridgehead atoms. The van der Waals surface area contributed by atoms with E-state index in [0.717, 1.165) is 59.0 Å². The van der Waals surface area contributed by atoms with Crippen molar-refractivity contribution >= 4 is 27.5 Å². The van der Waals surface area contributed by atoms with Gasteiger partial charge < -0.3 is 9.80 Å². The first kappa shape index (κ1) is 18.1. The van der Waals surface area contributed by atoms with Crippen LogP contribution in [0.1, 0.15) is 27.3 Å². The fourth-order valence-corrected chi connectivity index (χ4v) is 4.62. The van der Waals surface area contributed by atoms with Gasteiger partial charge in [-0.15, -0.1) is 11.3 Å². The largest absolute Gasteiger partial charge is 0.337 e. The molecule has 1 fully saturated rings. The van der Waals surface area contributed by atoms with Crippen LogP contribution in [0.2, 0.25) is 0 Å². The molecule has 1 aliphatic heterocycles. The van der Waals surface area contributed by atoms with Crippen molar-refractivity contribution < 1.29 is 9.18 Å². The maximum absolute atomic E-state index is 13.1. The smallest absolute Gasteiger partial charge is 0.264 e. The molecule has 3 heterocycles. The number of likely N-dealkylation sites (N-methyl/N-ethyl adjacent to an activating group) is 1. The number of rotatable bonds is 3. The van der Waals surface area contributed by atoms with Crippen molar-refractivity contribution in [3.05, 3.63) is 52.3 Å². The number of thiophene rings is 1. The molecule has 1 aliphatic rings. The van der Waals surface area contributed by atoms with Gasteiger partial charge in [-0.1, -0.05) is 12.1 Å².